The Bertz CT molecular complexity index is 984. The summed E-state index contributed by atoms with van der Waals surface area (Å²) in [6.07, 6.45) is 0.130. The van der Waals surface area contributed by atoms with E-state index in [9.17, 15) is 18.0 Å². The Morgan fingerprint density at radius 1 is 1.22 bits per heavy atom. The van der Waals surface area contributed by atoms with Crippen molar-refractivity contribution in [3.63, 3.8) is 0 Å². The third kappa shape index (κ3) is 5.91. The van der Waals surface area contributed by atoms with Gasteiger partial charge in [-0.2, -0.15) is 0 Å². The van der Waals surface area contributed by atoms with Crippen LogP contribution in [0.3, 0.4) is 0 Å². The number of anilines is 2. The van der Waals surface area contributed by atoms with Gasteiger partial charge in [0.1, 0.15) is 5.82 Å². The number of benzene rings is 2. The average molecular weight is 564 g/mol. The van der Waals surface area contributed by atoms with Gasteiger partial charge in [0.05, 0.1) is 49.3 Å². The van der Waals surface area contributed by atoms with E-state index in [2.05, 4.69) is 10.6 Å². The highest BCUT2D eigenvalue weighted by Crippen LogP contribution is 2.31. The van der Waals surface area contributed by atoms with E-state index >= 15 is 0 Å². The summed E-state index contributed by atoms with van der Waals surface area (Å²) in [5.74, 6) is -3.62. The van der Waals surface area contributed by atoms with Gasteiger partial charge in [0, 0.05) is 10.1 Å². The van der Waals surface area contributed by atoms with E-state index in [1.807, 2.05) is 36.4 Å². The first kappa shape index (κ1) is 24.7. The maximum Gasteiger partial charge on any atom is 0.256 e. The summed E-state index contributed by atoms with van der Waals surface area (Å²) in [7, 11) is 0. The smallest absolute Gasteiger partial charge is 0.256 e. The molecule has 1 aliphatic rings. The Morgan fingerprint density at radius 2 is 1.94 bits per heavy atom. The quantitative estimate of drug-likeness (QED) is 0.278. The first-order chi connectivity index (χ1) is 15.1. The van der Waals surface area contributed by atoms with Crippen molar-refractivity contribution in [2.75, 3.05) is 38.1 Å². The fraction of sp³-hybridized carbons (Fsp3) is 0.409. The zero-order chi connectivity index (χ0) is 23.5. The number of hydrogen-bond donors (Lipinski definition) is 2. The van der Waals surface area contributed by atoms with Gasteiger partial charge in [-0.1, -0.05) is 0 Å². The first-order valence-corrected chi connectivity index (χ1v) is 11.2. The molecule has 0 bridgehead atoms. The highest BCUT2D eigenvalue weighted by atomic mass is 127. The van der Waals surface area contributed by atoms with Crippen molar-refractivity contribution >= 4 is 39.9 Å². The van der Waals surface area contributed by atoms with Crippen LogP contribution in [0, 0.1) is 21.0 Å². The van der Waals surface area contributed by atoms with Gasteiger partial charge in [0.25, 0.3) is 5.91 Å². The third-order valence-electron chi connectivity index (χ3n) is 4.98. The maximum atomic E-state index is 14.6. The topological polar surface area (TPSA) is 76.5 Å². The SMILES string of the molecule is CC(C)OCCNCC1([OH2+])CN(C(=O)c2ccc(F)c(F)c2Nc2ccc(I)cc2F)C1. The Hall–Kier alpha value is -1.89. The first-order valence-electron chi connectivity index (χ1n) is 10.2. The number of rotatable bonds is 9. The molecule has 0 saturated carbocycles. The molecule has 1 aliphatic heterocycles. The van der Waals surface area contributed by atoms with E-state index in [0.29, 0.717) is 23.3 Å². The molecule has 4 N–H and O–H groups in total. The van der Waals surface area contributed by atoms with Crippen molar-refractivity contribution in [2.45, 2.75) is 25.6 Å². The number of carbonyl (C=O) groups is 1. The molecule has 1 amide bonds. The van der Waals surface area contributed by atoms with Gasteiger partial charge in [-0.05, 0) is 66.8 Å². The summed E-state index contributed by atoms with van der Waals surface area (Å²) in [4.78, 5) is 14.3. The van der Waals surface area contributed by atoms with E-state index in [1.54, 1.807) is 6.07 Å². The van der Waals surface area contributed by atoms with Crippen LogP contribution in [0.4, 0.5) is 24.5 Å². The molecule has 0 unspecified atom stereocenters. The molecule has 0 radical (unpaired) electrons. The molecule has 1 fully saturated rings. The predicted octanol–water partition coefficient (Wildman–Crippen LogP) is 3.39. The van der Waals surface area contributed by atoms with E-state index in [4.69, 9.17) is 9.84 Å². The van der Waals surface area contributed by atoms with Crippen LogP contribution in [0.2, 0.25) is 0 Å². The Kier molecular flexibility index (Phi) is 8.01. The summed E-state index contributed by atoms with van der Waals surface area (Å²) in [5, 5.41) is 14.1. The van der Waals surface area contributed by atoms with Crippen molar-refractivity contribution in [1.82, 2.24) is 10.2 Å². The number of halogens is 4. The van der Waals surface area contributed by atoms with Crippen molar-refractivity contribution in [1.29, 1.82) is 0 Å². The van der Waals surface area contributed by atoms with Gasteiger partial charge in [-0.25, -0.2) is 13.2 Å². The molecule has 0 atom stereocenters. The molecule has 2 aromatic rings. The van der Waals surface area contributed by atoms with E-state index in [-0.39, 0.29) is 30.4 Å². The number of nitrogens with zero attached hydrogens (tertiary/aromatic N) is 1. The van der Waals surface area contributed by atoms with Crippen LogP contribution in [0.1, 0.15) is 24.2 Å². The lowest BCUT2D eigenvalue weighted by Crippen LogP contribution is -2.67. The molecule has 6 nitrogen and oxygen atoms in total. The van der Waals surface area contributed by atoms with Gasteiger partial charge in [0.15, 0.2) is 11.6 Å². The Morgan fingerprint density at radius 3 is 2.59 bits per heavy atom. The maximum absolute atomic E-state index is 14.6. The highest BCUT2D eigenvalue weighted by Gasteiger charge is 2.48. The molecule has 0 aromatic heterocycles. The van der Waals surface area contributed by atoms with Crippen LogP contribution < -0.4 is 10.6 Å². The number of ether oxygens (including phenoxy) is 1. The zero-order valence-corrected chi connectivity index (χ0v) is 19.9. The number of carbonyl (C=O) groups excluding carboxylic acids is 1. The summed E-state index contributed by atoms with van der Waals surface area (Å²) in [6.45, 7) is 5.64. The summed E-state index contributed by atoms with van der Waals surface area (Å²) < 4.78 is 48.7. The average Bonchev–Trinajstić information content (AvgIpc) is 2.70. The normalized spacial score (nSPS) is 15.1. The number of likely N-dealkylation sites (tertiary alicyclic amines) is 1. The van der Waals surface area contributed by atoms with Crippen molar-refractivity contribution in [2.24, 2.45) is 0 Å². The molecule has 2 aromatic carbocycles. The molecule has 1 saturated heterocycles. The van der Waals surface area contributed by atoms with Crippen molar-refractivity contribution in [3.8, 4) is 0 Å². The largest absolute Gasteiger partial charge is 0.437 e. The third-order valence-corrected chi connectivity index (χ3v) is 5.65. The number of nitrogens with one attached hydrogen (secondary N) is 2. The summed E-state index contributed by atoms with van der Waals surface area (Å²) in [6, 6.07) is 6.27. The van der Waals surface area contributed by atoms with Gasteiger partial charge in [-0.15, -0.1) is 0 Å². The molecule has 174 valence electrons. The lowest BCUT2D eigenvalue weighted by atomic mass is 9.92. The number of amides is 1. The van der Waals surface area contributed by atoms with E-state index < -0.39 is 34.6 Å². The summed E-state index contributed by atoms with van der Waals surface area (Å²) in [5.41, 5.74) is -1.50. The lowest BCUT2D eigenvalue weighted by Gasteiger charge is -2.42. The molecule has 0 spiro atoms. The van der Waals surface area contributed by atoms with Gasteiger partial charge in [-0.3, -0.25) is 4.79 Å². The van der Waals surface area contributed by atoms with Gasteiger partial charge in [0.2, 0.25) is 5.60 Å². The van der Waals surface area contributed by atoms with Crippen molar-refractivity contribution < 1.29 is 27.8 Å². The fourth-order valence-corrected chi connectivity index (χ4v) is 3.83. The van der Waals surface area contributed by atoms with Gasteiger partial charge < -0.3 is 25.4 Å². The van der Waals surface area contributed by atoms with Gasteiger partial charge >= 0.3 is 0 Å². The minimum atomic E-state index is -1.27. The molecule has 1 heterocycles. The second kappa shape index (κ2) is 10.4. The fourth-order valence-electron chi connectivity index (χ4n) is 3.38. The van der Waals surface area contributed by atoms with Crippen LogP contribution in [0.5, 0.6) is 0 Å². The second-order valence-electron chi connectivity index (χ2n) is 8.07. The monoisotopic (exact) mass is 564 g/mol. The standard InChI is InChI=1S/C22H25F3IN3O3/c1-13(2)32-8-7-27-10-22(31)11-29(12-22)21(30)15-4-5-16(23)19(25)20(15)28-18-6-3-14(26)9-17(18)24/h3-6,9,13,27-28,31H,7-8,10-12H2,1-2H3/p+1. The van der Waals surface area contributed by atoms with Crippen LogP contribution in [0.15, 0.2) is 30.3 Å². The van der Waals surface area contributed by atoms with Crippen molar-refractivity contribution in [3.05, 3.63) is 56.9 Å². The highest BCUT2D eigenvalue weighted by molar-refractivity contribution is 14.1. The molecular weight excluding hydrogens is 538 g/mol. The minimum Gasteiger partial charge on any atom is -0.437 e. The van der Waals surface area contributed by atoms with Crippen LogP contribution in [0.25, 0.3) is 0 Å². The van der Waals surface area contributed by atoms with E-state index in [0.717, 1.165) is 6.07 Å². The van der Waals surface area contributed by atoms with Crippen LogP contribution in [-0.2, 0) is 4.74 Å². The van der Waals surface area contributed by atoms with Crippen LogP contribution >= 0.6 is 22.6 Å². The minimum absolute atomic E-state index is 0.0739. The molecular formula is C22H26F3IN3O3+. The second-order valence-corrected chi connectivity index (χ2v) is 9.32. The van der Waals surface area contributed by atoms with Crippen LogP contribution in [-0.4, -0.2) is 60.4 Å². The van der Waals surface area contributed by atoms with E-state index in [1.165, 1.54) is 23.1 Å². The molecule has 0 aliphatic carbocycles. The molecule has 32 heavy (non-hydrogen) atoms. The Balaban J connectivity index is 1.68. The molecule has 3 rings (SSSR count). The Labute approximate surface area is 198 Å². The lowest BCUT2D eigenvalue weighted by molar-refractivity contribution is -0.0791. The zero-order valence-electron chi connectivity index (χ0n) is 17.8. The predicted molar refractivity (Wildman–Crippen MR) is 125 cm³/mol. The summed E-state index contributed by atoms with van der Waals surface area (Å²) >= 11 is 1.93. The molecule has 10 heteroatoms. The number of hydrogen-bond acceptors (Lipinski definition) is 4.